The Kier molecular flexibility index (Phi) is 4.47. The zero-order valence-electron chi connectivity index (χ0n) is 17.1. The monoisotopic (exact) mass is 438 g/mol. The molecule has 32 heavy (non-hydrogen) atoms. The van der Waals surface area contributed by atoms with Crippen LogP contribution in [0.3, 0.4) is 0 Å². The number of hydrogen-bond donors (Lipinski definition) is 0. The van der Waals surface area contributed by atoms with Gasteiger partial charge >= 0.3 is 0 Å². The van der Waals surface area contributed by atoms with Gasteiger partial charge in [0.2, 0.25) is 5.78 Å². The van der Waals surface area contributed by atoms with E-state index in [1.54, 1.807) is 11.1 Å². The predicted molar refractivity (Wildman–Crippen MR) is 126 cm³/mol. The number of halogens is 1. The highest BCUT2D eigenvalue weighted by Gasteiger charge is 2.43. The molecule has 0 saturated carbocycles. The molecule has 2 heterocycles. The van der Waals surface area contributed by atoms with E-state index in [1.165, 1.54) is 5.39 Å². The molecule has 4 nitrogen and oxygen atoms in total. The zero-order chi connectivity index (χ0) is 21.7. The number of Topliss-reactive ketones (excluding diaryl/α,β-unsaturated/α-hetero) is 1. The summed E-state index contributed by atoms with van der Waals surface area (Å²) >= 11 is 6.30. The van der Waals surface area contributed by atoms with Crippen molar-refractivity contribution in [3.63, 3.8) is 0 Å². The molecule has 0 bridgehead atoms. The lowest BCUT2D eigenvalue weighted by molar-refractivity contribution is -0.00455. The molecular formula is C27H19ClN2O2. The summed E-state index contributed by atoms with van der Waals surface area (Å²) in [6.07, 6.45) is -0.151. The van der Waals surface area contributed by atoms with Crippen molar-refractivity contribution in [2.45, 2.75) is 18.7 Å². The van der Waals surface area contributed by atoms with E-state index in [0.29, 0.717) is 22.8 Å². The molecule has 0 N–H and O–H groups in total. The second-order valence-corrected chi connectivity index (χ2v) is 8.53. The van der Waals surface area contributed by atoms with Gasteiger partial charge in [0.15, 0.2) is 0 Å². The standard InChI is InChI=1S/C27H19ClN2O2/c28-21-12-13-25-22(15-21)24-16-23(20-11-10-17-6-4-5-9-19(17)14-20)29-30(24)27(32-25)26(31)18-7-2-1-3-8-18/h1-15,24,27H,16H2/t24-,27-/m0/s1. The van der Waals surface area contributed by atoms with E-state index in [-0.39, 0.29) is 11.8 Å². The van der Waals surface area contributed by atoms with Crippen molar-refractivity contribution in [2.75, 3.05) is 0 Å². The minimum Gasteiger partial charge on any atom is -0.461 e. The van der Waals surface area contributed by atoms with Crippen molar-refractivity contribution in [1.29, 1.82) is 0 Å². The fraction of sp³-hybridized carbons (Fsp3) is 0.111. The average Bonchev–Trinajstić information content (AvgIpc) is 3.29. The third-order valence-electron chi connectivity index (χ3n) is 6.12. The maximum atomic E-state index is 13.4. The van der Waals surface area contributed by atoms with Gasteiger partial charge in [-0.15, -0.1) is 0 Å². The van der Waals surface area contributed by atoms with Crippen LogP contribution in [-0.4, -0.2) is 22.7 Å². The lowest BCUT2D eigenvalue weighted by Crippen LogP contribution is -2.45. The second kappa shape index (κ2) is 7.50. The Morgan fingerprint density at radius 1 is 0.906 bits per heavy atom. The summed E-state index contributed by atoms with van der Waals surface area (Å²) < 4.78 is 6.18. The normalized spacial score (nSPS) is 19.2. The summed E-state index contributed by atoms with van der Waals surface area (Å²) in [5, 5.41) is 9.69. The highest BCUT2D eigenvalue weighted by atomic mass is 35.5. The van der Waals surface area contributed by atoms with Gasteiger partial charge in [-0.3, -0.25) is 4.79 Å². The lowest BCUT2D eigenvalue weighted by atomic mass is 9.95. The Bertz CT molecular complexity index is 1380. The smallest absolute Gasteiger partial charge is 0.251 e. The summed E-state index contributed by atoms with van der Waals surface area (Å²) in [4.78, 5) is 13.4. The number of benzene rings is 4. The van der Waals surface area contributed by atoms with Crippen molar-refractivity contribution in [3.8, 4) is 5.75 Å². The van der Waals surface area contributed by atoms with Gasteiger partial charge in [0.05, 0.1) is 11.8 Å². The number of hydrogen-bond acceptors (Lipinski definition) is 4. The molecule has 0 spiro atoms. The molecule has 0 amide bonds. The number of ketones is 1. The van der Waals surface area contributed by atoms with Crippen LogP contribution in [0, 0.1) is 0 Å². The van der Waals surface area contributed by atoms with Gasteiger partial charge in [0, 0.05) is 22.6 Å². The van der Waals surface area contributed by atoms with Gasteiger partial charge in [-0.1, -0.05) is 78.3 Å². The Morgan fingerprint density at radius 2 is 1.69 bits per heavy atom. The molecule has 0 aromatic heterocycles. The Morgan fingerprint density at radius 3 is 2.53 bits per heavy atom. The maximum Gasteiger partial charge on any atom is 0.251 e. The third kappa shape index (κ3) is 3.15. The van der Waals surface area contributed by atoms with Gasteiger partial charge in [0.1, 0.15) is 5.75 Å². The summed E-state index contributed by atoms with van der Waals surface area (Å²) in [5.74, 6) is 0.569. The number of carbonyl (C=O) groups excluding carboxylic acids is 1. The molecule has 0 unspecified atom stereocenters. The molecule has 156 valence electrons. The van der Waals surface area contributed by atoms with Crippen molar-refractivity contribution in [2.24, 2.45) is 5.10 Å². The van der Waals surface area contributed by atoms with Gasteiger partial charge in [-0.25, -0.2) is 5.01 Å². The average molecular weight is 439 g/mol. The molecule has 2 aliphatic heterocycles. The maximum absolute atomic E-state index is 13.4. The number of hydrazone groups is 1. The molecule has 4 aromatic rings. The minimum atomic E-state index is -0.825. The van der Waals surface area contributed by atoms with Crippen LogP contribution in [0.5, 0.6) is 5.75 Å². The van der Waals surface area contributed by atoms with Crippen LogP contribution >= 0.6 is 11.6 Å². The van der Waals surface area contributed by atoms with Crippen LogP contribution < -0.4 is 4.74 Å². The SMILES string of the molecule is O=C(c1ccccc1)[C@@H]1Oc2ccc(Cl)cc2[C@@H]2CC(c3ccc4ccccc4c3)=NN12. The van der Waals surface area contributed by atoms with Crippen LogP contribution in [0.1, 0.15) is 33.9 Å². The molecule has 0 radical (unpaired) electrons. The molecule has 2 atom stereocenters. The first-order chi connectivity index (χ1) is 15.7. The van der Waals surface area contributed by atoms with E-state index in [4.69, 9.17) is 21.4 Å². The molecule has 6 rings (SSSR count). The molecular weight excluding hydrogens is 420 g/mol. The summed E-state index contributed by atoms with van der Waals surface area (Å²) in [7, 11) is 0. The Balaban J connectivity index is 1.44. The number of ether oxygens (including phenoxy) is 1. The van der Waals surface area contributed by atoms with Crippen molar-refractivity contribution in [1.82, 2.24) is 5.01 Å². The number of rotatable bonds is 3. The van der Waals surface area contributed by atoms with E-state index < -0.39 is 6.23 Å². The fourth-order valence-electron chi connectivity index (χ4n) is 4.52. The van der Waals surface area contributed by atoms with Crippen LogP contribution in [0.15, 0.2) is 96.1 Å². The fourth-order valence-corrected chi connectivity index (χ4v) is 4.70. The third-order valence-corrected chi connectivity index (χ3v) is 6.35. The van der Waals surface area contributed by atoms with Crippen LogP contribution in [-0.2, 0) is 0 Å². The van der Waals surface area contributed by atoms with Gasteiger partial charge < -0.3 is 4.74 Å². The van der Waals surface area contributed by atoms with E-state index in [0.717, 1.165) is 22.2 Å². The second-order valence-electron chi connectivity index (χ2n) is 8.09. The predicted octanol–water partition coefficient (Wildman–Crippen LogP) is 6.25. The molecule has 4 aromatic carbocycles. The number of nitrogens with zero attached hydrogens (tertiary/aromatic N) is 2. The largest absolute Gasteiger partial charge is 0.461 e. The lowest BCUT2D eigenvalue weighted by Gasteiger charge is -2.37. The van der Waals surface area contributed by atoms with Crippen molar-refractivity contribution < 1.29 is 9.53 Å². The first kappa shape index (κ1) is 19.1. The van der Waals surface area contributed by atoms with Gasteiger partial charge in [-0.05, 0) is 40.6 Å². The molecule has 0 saturated heterocycles. The first-order valence-electron chi connectivity index (χ1n) is 10.6. The Hall–Kier alpha value is -3.63. The van der Waals surface area contributed by atoms with Crippen molar-refractivity contribution >= 4 is 33.9 Å². The molecule has 0 fully saturated rings. The summed E-state index contributed by atoms with van der Waals surface area (Å²) in [6.45, 7) is 0. The topological polar surface area (TPSA) is 41.9 Å². The van der Waals surface area contributed by atoms with E-state index >= 15 is 0 Å². The van der Waals surface area contributed by atoms with Gasteiger partial charge in [-0.2, -0.15) is 5.10 Å². The van der Waals surface area contributed by atoms with Crippen molar-refractivity contribution in [3.05, 3.63) is 113 Å². The van der Waals surface area contributed by atoms with Crippen LogP contribution in [0.2, 0.25) is 5.02 Å². The first-order valence-corrected chi connectivity index (χ1v) is 11.0. The highest BCUT2D eigenvalue weighted by Crippen LogP contribution is 2.44. The van der Waals surface area contributed by atoms with Gasteiger partial charge in [0.25, 0.3) is 6.23 Å². The van der Waals surface area contributed by atoms with Crippen LogP contribution in [0.4, 0.5) is 0 Å². The zero-order valence-corrected chi connectivity index (χ0v) is 17.9. The summed E-state index contributed by atoms with van der Waals surface area (Å²) in [6, 6.07) is 29.3. The number of fused-ring (bicyclic) bond motifs is 4. The van der Waals surface area contributed by atoms with E-state index in [9.17, 15) is 4.79 Å². The Labute approximate surface area is 190 Å². The highest BCUT2D eigenvalue weighted by molar-refractivity contribution is 6.30. The van der Waals surface area contributed by atoms with Crippen LogP contribution in [0.25, 0.3) is 10.8 Å². The summed E-state index contributed by atoms with van der Waals surface area (Å²) in [5.41, 5.74) is 3.53. The van der Waals surface area contributed by atoms with E-state index in [2.05, 4.69) is 30.3 Å². The quantitative estimate of drug-likeness (QED) is 0.355. The van der Waals surface area contributed by atoms with E-state index in [1.807, 2.05) is 54.6 Å². The number of carbonyl (C=O) groups is 1. The minimum absolute atomic E-state index is 0.111. The molecule has 0 aliphatic carbocycles. The molecule has 5 heteroatoms. The molecule has 2 aliphatic rings.